The van der Waals surface area contributed by atoms with Gasteiger partial charge in [0, 0.05) is 30.9 Å². The fourth-order valence-electron chi connectivity index (χ4n) is 4.01. The number of ether oxygens (including phenoxy) is 2. The number of methoxy groups -OCH3 is 1. The normalized spacial score (nSPS) is 12.6. The van der Waals surface area contributed by atoms with Crippen LogP contribution in [0, 0.1) is 0 Å². The number of nitrogens with zero attached hydrogens (tertiary/aromatic N) is 1. The van der Waals surface area contributed by atoms with E-state index in [9.17, 15) is 4.79 Å². The summed E-state index contributed by atoms with van der Waals surface area (Å²) in [6.07, 6.45) is 1.16. The Morgan fingerprint density at radius 3 is 2.50 bits per heavy atom. The van der Waals surface area contributed by atoms with Gasteiger partial charge >= 0.3 is 0 Å². The number of hydrogen-bond donors (Lipinski definition) is 1. The minimum Gasteiger partial charge on any atom is -0.493 e. The highest BCUT2D eigenvalue weighted by Gasteiger charge is 2.18. The van der Waals surface area contributed by atoms with Crippen molar-refractivity contribution in [3.8, 4) is 11.5 Å². The van der Waals surface area contributed by atoms with Crippen molar-refractivity contribution in [3.05, 3.63) is 89.0 Å². The number of rotatable bonds is 8. The van der Waals surface area contributed by atoms with Crippen LogP contribution in [-0.4, -0.2) is 25.7 Å². The lowest BCUT2D eigenvalue weighted by Gasteiger charge is -2.19. The average Bonchev–Trinajstić information content (AvgIpc) is 3.21. The summed E-state index contributed by atoms with van der Waals surface area (Å²) in [5.74, 6) is 1.27. The molecule has 1 heterocycles. The molecule has 0 aromatic heterocycles. The zero-order valence-electron chi connectivity index (χ0n) is 18.9. The number of fused-ring (bicyclic) bond motifs is 1. The van der Waals surface area contributed by atoms with E-state index in [1.165, 1.54) is 16.8 Å². The molecule has 3 aromatic carbocycles. The summed E-state index contributed by atoms with van der Waals surface area (Å²) in [6, 6.07) is 22.2. The number of carbonyl (C=O) groups excluding carboxylic acids is 1. The molecule has 1 N–H and O–H groups in total. The zero-order valence-corrected chi connectivity index (χ0v) is 18.9. The van der Waals surface area contributed by atoms with Gasteiger partial charge in [0.1, 0.15) is 0 Å². The van der Waals surface area contributed by atoms with E-state index >= 15 is 0 Å². The molecule has 0 unspecified atom stereocenters. The van der Waals surface area contributed by atoms with Crippen LogP contribution in [0.15, 0.2) is 66.7 Å². The van der Waals surface area contributed by atoms with Crippen molar-refractivity contribution in [2.24, 2.45) is 0 Å². The summed E-state index contributed by atoms with van der Waals surface area (Å²) in [5, 5.41) is 2.99. The Hall–Kier alpha value is -3.47. The number of para-hydroxylation sites is 1. The van der Waals surface area contributed by atoms with Crippen LogP contribution in [0.1, 0.15) is 40.9 Å². The van der Waals surface area contributed by atoms with Crippen molar-refractivity contribution < 1.29 is 14.3 Å². The van der Waals surface area contributed by atoms with Gasteiger partial charge in [0.2, 0.25) is 0 Å². The fourth-order valence-corrected chi connectivity index (χ4v) is 4.01. The predicted molar refractivity (Wildman–Crippen MR) is 128 cm³/mol. The van der Waals surface area contributed by atoms with Crippen LogP contribution in [0.3, 0.4) is 0 Å². The van der Waals surface area contributed by atoms with Crippen LogP contribution in [-0.2, 0) is 19.5 Å². The van der Waals surface area contributed by atoms with Gasteiger partial charge in [-0.15, -0.1) is 0 Å². The van der Waals surface area contributed by atoms with Crippen molar-refractivity contribution in [1.29, 1.82) is 0 Å². The SMILES string of the molecule is COc1cc(CNC(=O)c2ccc(CN3CCc4ccccc43)cc2)ccc1OC(C)C. The van der Waals surface area contributed by atoms with Gasteiger partial charge in [-0.2, -0.15) is 0 Å². The standard InChI is InChI=1S/C27H30N2O3/c1-19(2)32-25-13-10-21(16-26(25)31-3)17-28-27(30)23-11-8-20(9-12-23)18-29-15-14-22-6-4-5-7-24(22)29/h4-13,16,19H,14-15,17-18H2,1-3H3,(H,28,30). The molecule has 1 aliphatic heterocycles. The van der Waals surface area contributed by atoms with Crippen molar-refractivity contribution in [3.63, 3.8) is 0 Å². The molecule has 1 amide bonds. The summed E-state index contributed by atoms with van der Waals surface area (Å²) in [5.41, 5.74) is 5.53. The third-order valence-corrected chi connectivity index (χ3v) is 5.62. The Morgan fingerprint density at radius 2 is 1.75 bits per heavy atom. The van der Waals surface area contributed by atoms with E-state index in [1.807, 2.05) is 56.3 Å². The van der Waals surface area contributed by atoms with Crippen molar-refractivity contribution in [1.82, 2.24) is 5.32 Å². The number of benzene rings is 3. The highest BCUT2D eigenvalue weighted by atomic mass is 16.5. The van der Waals surface area contributed by atoms with Gasteiger partial charge in [-0.25, -0.2) is 0 Å². The first-order valence-electron chi connectivity index (χ1n) is 11.1. The van der Waals surface area contributed by atoms with E-state index < -0.39 is 0 Å². The minimum absolute atomic E-state index is 0.0673. The topological polar surface area (TPSA) is 50.8 Å². The lowest BCUT2D eigenvalue weighted by atomic mass is 10.1. The second-order valence-corrected chi connectivity index (χ2v) is 8.33. The van der Waals surface area contributed by atoms with Gasteiger partial charge in [-0.05, 0) is 67.3 Å². The fraction of sp³-hybridized carbons (Fsp3) is 0.296. The summed E-state index contributed by atoms with van der Waals surface area (Å²) >= 11 is 0. The monoisotopic (exact) mass is 430 g/mol. The Balaban J connectivity index is 1.34. The van der Waals surface area contributed by atoms with Crippen LogP contribution in [0.2, 0.25) is 0 Å². The first-order valence-corrected chi connectivity index (χ1v) is 11.1. The van der Waals surface area contributed by atoms with E-state index in [1.54, 1.807) is 7.11 Å². The molecule has 0 aliphatic carbocycles. The third-order valence-electron chi connectivity index (χ3n) is 5.62. The quantitative estimate of drug-likeness (QED) is 0.548. The van der Waals surface area contributed by atoms with E-state index in [0.29, 0.717) is 23.6 Å². The second kappa shape index (κ2) is 9.77. The maximum Gasteiger partial charge on any atom is 0.251 e. The lowest BCUT2D eigenvalue weighted by Crippen LogP contribution is -2.23. The van der Waals surface area contributed by atoms with Gasteiger partial charge < -0.3 is 19.7 Å². The molecule has 1 aliphatic rings. The number of amides is 1. The molecule has 166 valence electrons. The van der Waals surface area contributed by atoms with Crippen molar-refractivity contribution in [2.45, 2.75) is 39.5 Å². The van der Waals surface area contributed by atoms with E-state index in [4.69, 9.17) is 9.47 Å². The maximum absolute atomic E-state index is 12.6. The molecule has 5 heteroatoms. The highest BCUT2D eigenvalue weighted by molar-refractivity contribution is 5.94. The molecule has 4 rings (SSSR count). The Morgan fingerprint density at radius 1 is 1.00 bits per heavy atom. The largest absolute Gasteiger partial charge is 0.493 e. The van der Waals surface area contributed by atoms with Crippen LogP contribution < -0.4 is 19.7 Å². The number of hydrogen-bond acceptors (Lipinski definition) is 4. The molecule has 32 heavy (non-hydrogen) atoms. The van der Waals surface area contributed by atoms with E-state index in [0.717, 1.165) is 25.1 Å². The third kappa shape index (κ3) is 5.05. The summed E-state index contributed by atoms with van der Waals surface area (Å²) < 4.78 is 11.2. The van der Waals surface area contributed by atoms with Gasteiger partial charge in [0.15, 0.2) is 11.5 Å². The molecule has 3 aromatic rings. The van der Waals surface area contributed by atoms with Gasteiger partial charge in [-0.3, -0.25) is 4.79 Å². The van der Waals surface area contributed by atoms with Crippen LogP contribution >= 0.6 is 0 Å². The molecule has 0 bridgehead atoms. The minimum atomic E-state index is -0.0930. The number of anilines is 1. The second-order valence-electron chi connectivity index (χ2n) is 8.33. The van der Waals surface area contributed by atoms with Crippen LogP contribution in [0.5, 0.6) is 11.5 Å². The molecular formula is C27H30N2O3. The summed E-state index contributed by atoms with van der Waals surface area (Å²) in [4.78, 5) is 15.0. The van der Waals surface area contributed by atoms with Crippen LogP contribution in [0.25, 0.3) is 0 Å². The van der Waals surface area contributed by atoms with Gasteiger partial charge in [0.25, 0.3) is 5.91 Å². The Labute approximate surface area is 190 Å². The molecule has 5 nitrogen and oxygen atoms in total. The van der Waals surface area contributed by atoms with Gasteiger partial charge in [0.05, 0.1) is 13.2 Å². The first kappa shape index (κ1) is 21.8. The average molecular weight is 431 g/mol. The highest BCUT2D eigenvalue weighted by Crippen LogP contribution is 2.30. The summed E-state index contributed by atoms with van der Waals surface area (Å²) in [7, 11) is 1.62. The Kier molecular flexibility index (Phi) is 6.64. The first-order chi connectivity index (χ1) is 15.5. The number of carbonyl (C=O) groups is 1. The zero-order chi connectivity index (χ0) is 22.5. The smallest absolute Gasteiger partial charge is 0.251 e. The molecule has 0 saturated carbocycles. The molecule has 0 atom stereocenters. The Bertz CT molecular complexity index is 1080. The van der Waals surface area contributed by atoms with Crippen molar-refractivity contribution >= 4 is 11.6 Å². The van der Waals surface area contributed by atoms with E-state index in [2.05, 4.69) is 34.5 Å². The van der Waals surface area contributed by atoms with Crippen molar-refractivity contribution in [2.75, 3.05) is 18.6 Å². The van der Waals surface area contributed by atoms with E-state index in [-0.39, 0.29) is 12.0 Å². The number of nitrogens with one attached hydrogen (secondary N) is 1. The molecule has 0 radical (unpaired) electrons. The lowest BCUT2D eigenvalue weighted by molar-refractivity contribution is 0.0951. The summed E-state index contributed by atoms with van der Waals surface area (Å²) in [6.45, 7) is 6.25. The predicted octanol–water partition coefficient (Wildman–Crippen LogP) is 4.98. The maximum atomic E-state index is 12.6. The molecule has 0 fully saturated rings. The van der Waals surface area contributed by atoms with Gasteiger partial charge in [-0.1, -0.05) is 36.4 Å². The molecule has 0 spiro atoms. The molecule has 0 saturated heterocycles. The molecular weight excluding hydrogens is 400 g/mol. The van der Waals surface area contributed by atoms with Crippen LogP contribution in [0.4, 0.5) is 5.69 Å².